The van der Waals surface area contributed by atoms with Crippen molar-refractivity contribution in [1.29, 1.82) is 0 Å². The molecule has 2 rings (SSSR count). The molecule has 6 nitrogen and oxygen atoms in total. The highest BCUT2D eigenvalue weighted by molar-refractivity contribution is 5.91. The molecule has 1 fully saturated rings. The molecule has 0 bridgehead atoms. The summed E-state index contributed by atoms with van der Waals surface area (Å²) in [6.45, 7) is 0. The number of carbonyl (C=O) groups is 1. The molecular weight excluding hydrogens is 246 g/mol. The Morgan fingerprint density at radius 1 is 1.37 bits per heavy atom. The van der Waals surface area contributed by atoms with Crippen LogP contribution in [0.15, 0.2) is 6.20 Å². The van der Waals surface area contributed by atoms with Gasteiger partial charge in [0.25, 0.3) is 0 Å². The number of nitrogens with zero attached hydrogens (tertiary/aromatic N) is 2. The number of nitrogens with one attached hydrogen (secondary N) is 1. The number of methoxy groups -OCH3 is 2. The molecule has 0 aromatic carbocycles. The van der Waals surface area contributed by atoms with E-state index in [9.17, 15) is 4.79 Å². The molecule has 1 heterocycles. The molecule has 1 saturated carbocycles. The molecule has 1 aromatic heterocycles. The van der Waals surface area contributed by atoms with Gasteiger partial charge in [-0.3, -0.25) is 4.79 Å². The lowest BCUT2D eigenvalue weighted by molar-refractivity contribution is -0.117. The van der Waals surface area contributed by atoms with Crippen LogP contribution in [0.3, 0.4) is 0 Å². The number of carbonyl (C=O) groups excluding carboxylic acids is 1. The molecule has 0 saturated heterocycles. The van der Waals surface area contributed by atoms with Gasteiger partial charge >= 0.3 is 6.01 Å². The Kier molecular flexibility index (Phi) is 4.54. The fourth-order valence-corrected chi connectivity index (χ4v) is 2.37. The van der Waals surface area contributed by atoms with Crippen molar-refractivity contribution in [3.63, 3.8) is 0 Å². The average molecular weight is 265 g/mol. The van der Waals surface area contributed by atoms with Gasteiger partial charge in [0, 0.05) is 6.42 Å². The number of hydrogen-bond acceptors (Lipinski definition) is 5. The summed E-state index contributed by atoms with van der Waals surface area (Å²) in [5, 5.41) is 2.80. The van der Waals surface area contributed by atoms with Gasteiger partial charge in [0.1, 0.15) is 5.69 Å². The highest BCUT2D eigenvalue weighted by atomic mass is 16.5. The van der Waals surface area contributed by atoms with Crippen molar-refractivity contribution >= 4 is 11.6 Å². The van der Waals surface area contributed by atoms with E-state index in [0.717, 1.165) is 12.8 Å². The summed E-state index contributed by atoms with van der Waals surface area (Å²) in [7, 11) is 2.97. The predicted molar refractivity (Wildman–Crippen MR) is 70.3 cm³/mol. The molecule has 0 aliphatic heterocycles. The molecule has 6 heteroatoms. The van der Waals surface area contributed by atoms with Crippen LogP contribution in [0.25, 0.3) is 0 Å². The maximum Gasteiger partial charge on any atom is 0.319 e. The first-order chi connectivity index (χ1) is 9.22. The van der Waals surface area contributed by atoms with Crippen LogP contribution in [0.5, 0.6) is 11.9 Å². The Morgan fingerprint density at radius 2 is 2.11 bits per heavy atom. The normalized spacial score (nSPS) is 15.3. The summed E-state index contributed by atoms with van der Waals surface area (Å²) in [5.41, 5.74) is 0.478. The summed E-state index contributed by atoms with van der Waals surface area (Å²) < 4.78 is 10.0. The minimum Gasteiger partial charge on any atom is -0.479 e. The molecule has 1 aliphatic carbocycles. The Hall–Kier alpha value is -1.85. The first-order valence-electron chi connectivity index (χ1n) is 6.47. The van der Waals surface area contributed by atoms with Crippen molar-refractivity contribution in [1.82, 2.24) is 9.97 Å². The SMILES string of the molecule is COc1ncc(NC(=O)CC2CCCC2)c(OC)n1. The van der Waals surface area contributed by atoms with Gasteiger partial charge in [0.15, 0.2) is 0 Å². The van der Waals surface area contributed by atoms with E-state index in [0.29, 0.717) is 23.9 Å². The standard InChI is InChI=1S/C13H19N3O3/c1-18-12-10(8-14-13(16-12)19-2)15-11(17)7-9-5-3-4-6-9/h8-9H,3-7H2,1-2H3,(H,15,17). The smallest absolute Gasteiger partial charge is 0.319 e. The zero-order chi connectivity index (χ0) is 13.7. The minimum atomic E-state index is -0.0148. The third-order valence-electron chi connectivity index (χ3n) is 3.33. The zero-order valence-electron chi connectivity index (χ0n) is 11.3. The molecule has 0 atom stereocenters. The van der Waals surface area contributed by atoms with Gasteiger partial charge in [-0.1, -0.05) is 12.8 Å². The van der Waals surface area contributed by atoms with Crippen LogP contribution in [0.2, 0.25) is 0 Å². The lowest BCUT2D eigenvalue weighted by Crippen LogP contribution is -2.16. The van der Waals surface area contributed by atoms with E-state index in [1.807, 2.05) is 0 Å². The number of aromatic nitrogens is 2. The summed E-state index contributed by atoms with van der Waals surface area (Å²) in [6, 6.07) is 0.214. The predicted octanol–water partition coefficient (Wildman–Crippen LogP) is 2.01. The van der Waals surface area contributed by atoms with Crippen LogP contribution in [0.4, 0.5) is 5.69 Å². The molecule has 19 heavy (non-hydrogen) atoms. The number of amides is 1. The number of rotatable bonds is 5. The summed E-state index contributed by atoms with van der Waals surface area (Å²) in [5.74, 6) is 0.802. The number of hydrogen-bond donors (Lipinski definition) is 1. The van der Waals surface area contributed by atoms with Crippen molar-refractivity contribution < 1.29 is 14.3 Å². The second-order valence-electron chi connectivity index (χ2n) is 4.68. The Bertz CT molecular complexity index is 445. The lowest BCUT2D eigenvalue weighted by Gasteiger charge is -2.11. The molecule has 1 aliphatic rings. The van der Waals surface area contributed by atoms with Crippen LogP contribution in [0, 0.1) is 5.92 Å². The molecule has 104 valence electrons. The van der Waals surface area contributed by atoms with Crippen molar-refractivity contribution in [2.45, 2.75) is 32.1 Å². The van der Waals surface area contributed by atoms with Crippen molar-refractivity contribution in [2.75, 3.05) is 19.5 Å². The van der Waals surface area contributed by atoms with Gasteiger partial charge < -0.3 is 14.8 Å². The fraction of sp³-hybridized carbons (Fsp3) is 0.615. The van der Waals surface area contributed by atoms with Crippen LogP contribution in [0.1, 0.15) is 32.1 Å². The molecule has 1 amide bonds. The summed E-state index contributed by atoms with van der Waals surface area (Å²) in [4.78, 5) is 19.9. The third-order valence-corrected chi connectivity index (χ3v) is 3.33. The van der Waals surface area contributed by atoms with E-state index < -0.39 is 0 Å². The third kappa shape index (κ3) is 3.56. The van der Waals surface area contributed by atoms with Crippen LogP contribution < -0.4 is 14.8 Å². The van der Waals surface area contributed by atoms with E-state index >= 15 is 0 Å². The molecule has 0 spiro atoms. The highest BCUT2D eigenvalue weighted by Crippen LogP contribution is 2.28. The maximum absolute atomic E-state index is 11.9. The van der Waals surface area contributed by atoms with Crippen LogP contribution >= 0.6 is 0 Å². The van der Waals surface area contributed by atoms with E-state index in [-0.39, 0.29) is 11.9 Å². The van der Waals surface area contributed by atoms with Gasteiger partial charge in [-0.25, -0.2) is 4.98 Å². The Labute approximate surface area is 112 Å². The van der Waals surface area contributed by atoms with Gasteiger partial charge in [-0.2, -0.15) is 4.98 Å². The van der Waals surface area contributed by atoms with E-state index in [1.54, 1.807) is 0 Å². The number of anilines is 1. The van der Waals surface area contributed by atoms with Crippen LogP contribution in [-0.4, -0.2) is 30.1 Å². The zero-order valence-corrected chi connectivity index (χ0v) is 11.3. The van der Waals surface area contributed by atoms with Gasteiger partial charge in [-0.05, 0) is 18.8 Å². The van der Waals surface area contributed by atoms with Gasteiger partial charge in [-0.15, -0.1) is 0 Å². The van der Waals surface area contributed by atoms with Crippen molar-refractivity contribution in [3.8, 4) is 11.9 Å². The van der Waals surface area contributed by atoms with E-state index in [2.05, 4.69) is 15.3 Å². The maximum atomic E-state index is 11.9. The van der Waals surface area contributed by atoms with Crippen LogP contribution in [-0.2, 0) is 4.79 Å². The van der Waals surface area contributed by atoms with Gasteiger partial charge in [0.05, 0.1) is 20.4 Å². The van der Waals surface area contributed by atoms with Crippen molar-refractivity contribution in [3.05, 3.63) is 6.20 Å². The topological polar surface area (TPSA) is 73.3 Å². The van der Waals surface area contributed by atoms with E-state index in [4.69, 9.17) is 9.47 Å². The Balaban J connectivity index is 1.99. The fourth-order valence-electron chi connectivity index (χ4n) is 2.37. The highest BCUT2D eigenvalue weighted by Gasteiger charge is 2.19. The summed E-state index contributed by atoms with van der Waals surface area (Å²) >= 11 is 0. The molecule has 0 radical (unpaired) electrons. The molecule has 0 unspecified atom stereocenters. The first-order valence-corrected chi connectivity index (χ1v) is 6.47. The summed E-state index contributed by atoms with van der Waals surface area (Å²) in [6.07, 6.45) is 6.79. The van der Waals surface area contributed by atoms with Crippen molar-refractivity contribution in [2.24, 2.45) is 5.92 Å². The average Bonchev–Trinajstić information content (AvgIpc) is 2.91. The minimum absolute atomic E-state index is 0.0148. The van der Waals surface area contributed by atoms with Gasteiger partial charge in [0.2, 0.25) is 11.8 Å². The largest absolute Gasteiger partial charge is 0.479 e. The number of ether oxygens (including phenoxy) is 2. The Morgan fingerprint density at radius 3 is 2.74 bits per heavy atom. The van der Waals surface area contributed by atoms with E-state index in [1.165, 1.54) is 33.3 Å². The molecule has 1 N–H and O–H groups in total. The monoisotopic (exact) mass is 265 g/mol. The lowest BCUT2D eigenvalue weighted by atomic mass is 10.0. The first kappa shape index (κ1) is 13.6. The second-order valence-corrected chi connectivity index (χ2v) is 4.68. The second kappa shape index (κ2) is 6.36. The molecule has 1 aromatic rings. The quantitative estimate of drug-likeness (QED) is 0.881. The molecular formula is C13H19N3O3.